The van der Waals surface area contributed by atoms with E-state index in [1.54, 1.807) is 24.4 Å². The SMILES string of the molecule is C[C@@H]1CCN(S(=O)(=O)c2cc(-c3ncc(-c4ccc(Br)c(F)c4)[nH]3)ccc2Cl)C[C@@H]1O. The van der Waals surface area contributed by atoms with E-state index in [9.17, 15) is 17.9 Å². The number of rotatable bonds is 4. The van der Waals surface area contributed by atoms with Gasteiger partial charge in [0, 0.05) is 24.2 Å². The molecule has 2 N–H and O–H groups in total. The minimum Gasteiger partial charge on any atom is -0.391 e. The molecule has 164 valence electrons. The molecule has 3 aromatic rings. The van der Waals surface area contributed by atoms with Crippen LogP contribution in [0.2, 0.25) is 5.02 Å². The quantitative estimate of drug-likeness (QED) is 0.514. The van der Waals surface area contributed by atoms with Gasteiger partial charge in [0.2, 0.25) is 10.0 Å². The highest BCUT2D eigenvalue weighted by molar-refractivity contribution is 9.10. The van der Waals surface area contributed by atoms with Gasteiger partial charge >= 0.3 is 0 Å². The third-order valence-electron chi connectivity index (χ3n) is 5.51. The van der Waals surface area contributed by atoms with Crippen molar-refractivity contribution in [1.82, 2.24) is 14.3 Å². The van der Waals surface area contributed by atoms with Gasteiger partial charge in [0.15, 0.2) is 0 Å². The van der Waals surface area contributed by atoms with Crippen molar-refractivity contribution in [1.29, 1.82) is 0 Å². The van der Waals surface area contributed by atoms with Crippen LogP contribution in [-0.4, -0.2) is 47.0 Å². The molecule has 0 unspecified atom stereocenters. The molecule has 1 aliphatic rings. The minimum absolute atomic E-state index is 0.0318. The number of piperidine rings is 1. The molecule has 31 heavy (non-hydrogen) atoms. The van der Waals surface area contributed by atoms with Gasteiger partial charge in [-0.1, -0.05) is 24.6 Å². The summed E-state index contributed by atoms with van der Waals surface area (Å²) in [6.07, 6.45) is 1.41. The van der Waals surface area contributed by atoms with Crippen molar-refractivity contribution in [2.75, 3.05) is 13.1 Å². The molecule has 0 bridgehead atoms. The van der Waals surface area contributed by atoms with Gasteiger partial charge in [-0.25, -0.2) is 17.8 Å². The second-order valence-electron chi connectivity index (χ2n) is 7.62. The number of aliphatic hydroxyl groups is 1. The normalized spacial score (nSPS) is 20.2. The van der Waals surface area contributed by atoms with Crippen LogP contribution in [0.25, 0.3) is 22.6 Å². The van der Waals surface area contributed by atoms with Gasteiger partial charge in [0.05, 0.1) is 27.5 Å². The number of aliphatic hydroxyl groups excluding tert-OH is 1. The predicted molar refractivity (Wildman–Crippen MR) is 121 cm³/mol. The number of halogens is 3. The Hall–Kier alpha value is -1.78. The molecular formula is C21H20BrClFN3O3S. The van der Waals surface area contributed by atoms with Crippen LogP contribution in [-0.2, 0) is 10.0 Å². The van der Waals surface area contributed by atoms with E-state index >= 15 is 0 Å². The summed E-state index contributed by atoms with van der Waals surface area (Å²) in [5.74, 6) is 0.0727. The molecule has 2 atom stereocenters. The molecule has 2 heterocycles. The first-order chi connectivity index (χ1) is 14.7. The average molecular weight is 529 g/mol. The molecule has 1 aromatic heterocycles. The van der Waals surface area contributed by atoms with Crippen LogP contribution < -0.4 is 0 Å². The largest absolute Gasteiger partial charge is 0.391 e. The Morgan fingerprint density at radius 1 is 1.26 bits per heavy atom. The van der Waals surface area contributed by atoms with E-state index in [1.165, 1.54) is 22.5 Å². The lowest BCUT2D eigenvalue weighted by molar-refractivity contribution is 0.0605. The number of nitrogens with one attached hydrogen (secondary N) is 1. The maximum Gasteiger partial charge on any atom is 0.244 e. The molecule has 1 aliphatic heterocycles. The fourth-order valence-electron chi connectivity index (χ4n) is 3.50. The molecule has 0 spiro atoms. The zero-order valence-electron chi connectivity index (χ0n) is 16.5. The van der Waals surface area contributed by atoms with Crippen molar-refractivity contribution in [3.8, 4) is 22.6 Å². The van der Waals surface area contributed by atoms with Crippen LogP contribution in [0.3, 0.4) is 0 Å². The Balaban J connectivity index is 1.67. The molecule has 1 fully saturated rings. The molecule has 4 rings (SSSR count). The van der Waals surface area contributed by atoms with E-state index in [1.807, 2.05) is 6.92 Å². The minimum atomic E-state index is -3.89. The zero-order valence-corrected chi connectivity index (χ0v) is 19.7. The van der Waals surface area contributed by atoms with Crippen molar-refractivity contribution in [2.45, 2.75) is 24.3 Å². The third-order valence-corrected chi connectivity index (χ3v) is 8.50. The Labute approximate surface area is 193 Å². The third kappa shape index (κ3) is 4.42. The van der Waals surface area contributed by atoms with Crippen molar-refractivity contribution >= 4 is 37.6 Å². The van der Waals surface area contributed by atoms with Crippen molar-refractivity contribution in [2.24, 2.45) is 5.92 Å². The Kier molecular flexibility index (Phi) is 6.24. The Morgan fingerprint density at radius 2 is 2.00 bits per heavy atom. The molecule has 6 nitrogen and oxygen atoms in total. The van der Waals surface area contributed by atoms with E-state index in [2.05, 4.69) is 25.9 Å². The van der Waals surface area contributed by atoms with E-state index in [-0.39, 0.29) is 22.4 Å². The highest BCUT2D eigenvalue weighted by Crippen LogP contribution is 2.32. The van der Waals surface area contributed by atoms with Crippen LogP contribution >= 0.6 is 27.5 Å². The van der Waals surface area contributed by atoms with Gasteiger partial charge in [-0.3, -0.25) is 0 Å². The Bertz CT molecular complexity index is 1230. The number of imidazole rings is 1. The van der Waals surface area contributed by atoms with Crippen LogP contribution in [0.4, 0.5) is 4.39 Å². The smallest absolute Gasteiger partial charge is 0.244 e. The fraction of sp³-hybridized carbons (Fsp3) is 0.286. The monoisotopic (exact) mass is 527 g/mol. The summed E-state index contributed by atoms with van der Waals surface area (Å²) in [7, 11) is -3.89. The highest BCUT2D eigenvalue weighted by Gasteiger charge is 2.34. The summed E-state index contributed by atoms with van der Waals surface area (Å²) in [5, 5.41) is 10.2. The van der Waals surface area contributed by atoms with Gasteiger partial charge in [0.25, 0.3) is 0 Å². The first-order valence-corrected chi connectivity index (χ1v) is 12.3. The van der Waals surface area contributed by atoms with Gasteiger partial charge in [0.1, 0.15) is 16.5 Å². The standard InChI is InChI=1S/C21H20BrClFN3O3S/c1-12-6-7-27(11-19(12)28)31(29,30)20-9-14(3-5-16(20)23)21-25-10-18(26-21)13-2-4-15(22)17(24)8-13/h2-5,8-10,12,19,28H,6-7,11H2,1H3,(H,25,26)/t12-,19+/m1/s1. The number of benzene rings is 2. The molecule has 0 saturated carbocycles. The van der Waals surface area contributed by atoms with Crippen LogP contribution in [0.15, 0.2) is 52.0 Å². The topological polar surface area (TPSA) is 86.3 Å². The van der Waals surface area contributed by atoms with Gasteiger partial charge in [-0.05, 0) is 58.6 Å². The maximum atomic E-state index is 13.9. The average Bonchev–Trinajstić information content (AvgIpc) is 3.22. The van der Waals surface area contributed by atoms with Gasteiger partial charge < -0.3 is 10.1 Å². The van der Waals surface area contributed by atoms with Crippen LogP contribution in [0, 0.1) is 11.7 Å². The zero-order chi connectivity index (χ0) is 22.3. The predicted octanol–water partition coefficient (Wildman–Crippen LogP) is 4.69. The molecule has 1 saturated heterocycles. The van der Waals surface area contributed by atoms with Crippen molar-refractivity contribution in [3.05, 3.63) is 57.9 Å². The number of hydrogen-bond acceptors (Lipinski definition) is 4. The second-order valence-corrected chi connectivity index (χ2v) is 10.8. The number of β-amino-alcohol motifs (C(OH)–C–C–N with tert-alkyl or cyclic N) is 1. The van der Waals surface area contributed by atoms with Gasteiger partial charge in [-0.2, -0.15) is 4.31 Å². The summed E-state index contributed by atoms with van der Waals surface area (Å²) in [4.78, 5) is 7.38. The molecular weight excluding hydrogens is 509 g/mol. The van der Waals surface area contributed by atoms with E-state index < -0.39 is 21.9 Å². The van der Waals surface area contributed by atoms with Crippen LogP contribution in [0.5, 0.6) is 0 Å². The Morgan fingerprint density at radius 3 is 2.71 bits per heavy atom. The lowest BCUT2D eigenvalue weighted by atomic mass is 9.98. The van der Waals surface area contributed by atoms with Crippen molar-refractivity contribution in [3.63, 3.8) is 0 Å². The van der Waals surface area contributed by atoms with E-state index in [0.29, 0.717) is 40.1 Å². The number of sulfonamides is 1. The number of aromatic nitrogens is 2. The lowest BCUT2D eigenvalue weighted by Crippen LogP contribution is -2.45. The fourth-order valence-corrected chi connectivity index (χ4v) is 5.72. The van der Waals surface area contributed by atoms with Crippen molar-refractivity contribution < 1.29 is 17.9 Å². The first kappa shape index (κ1) is 22.4. The summed E-state index contributed by atoms with van der Waals surface area (Å²) in [6.45, 7) is 2.25. The number of H-pyrrole nitrogens is 1. The van der Waals surface area contributed by atoms with E-state index in [0.717, 1.165) is 0 Å². The second kappa shape index (κ2) is 8.63. The summed E-state index contributed by atoms with van der Waals surface area (Å²) >= 11 is 9.37. The molecule has 2 aromatic carbocycles. The van der Waals surface area contributed by atoms with Crippen LogP contribution in [0.1, 0.15) is 13.3 Å². The first-order valence-electron chi connectivity index (χ1n) is 9.65. The number of aromatic amines is 1. The summed E-state index contributed by atoms with van der Waals surface area (Å²) in [5.41, 5.74) is 1.73. The van der Waals surface area contributed by atoms with Gasteiger partial charge in [-0.15, -0.1) is 0 Å². The molecule has 0 radical (unpaired) electrons. The highest BCUT2D eigenvalue weighted by atomic mass is 79.9. The molecule has 0 amide bonds. The number of nitrogens with zero attached hydrogens (tertiary/aromatic N) is 2. The number of hydrogen-bond donors (Lipinski definition) is 2. The maximum absolute atomic E-state index is 13.9. The van der Waals surface area contributed by atoms with E-state index in [4.69, 9.17) is 11.6 Å². The molecule has 0 aliphatic carbocycles. The molecule has 10 heteroatoms. The summed E-state index contributed by atoms with van der Waals surface area (Å²) in [6, 6.07) is 9.36. The lowest BCUT2D eigenvalue weighted by Gasteiger charge is -2.33. The summed E-state index contributed by atoms with van der Waals surface area (Å²) < 4.78 is 41.9.